The first-order chi connectivity index (χ1) is 8.11. The van der Waals surface area contributed by atoms with Gasteiger partial charge in [-0.05, 0) is 35.4 Å². The second-order valence-corrected chi connectivity index (χ2v) is 4.40. The van der Waals surface area contributed by atoms with Crippen molar-refractivity contribution in [2.45, 2.75) is 19.4 Å². The van der Waals surface area contributed by atoms with Crippen LogP contribution in [-0.4, -0.2) is 30.1 Å². The van der Waals surface area contributed by atoms with Crippen LogP contribution in [0.2, 0.25) is 0 Å². The summed E-state index contributed by atoms with van der Waals surface area (Å²) >= 11 is 1.47. The quantitative estimate of drug-likeness (QED) is 0.636. The maximum absolute atomic E-state index is 11.0. The lowest BCUT2D eigenvalue weighted by Gasteiger charge is -2.13. The van der Waals surface area contributed by atoms with E-state index in [0.717, 1.165) is 5.56 Å². The maximum atomic E-state index is 11.0. The normalized spacial score (nSPS) is 12.1. The van der Waals surface area contributed by atoms with Crippen LogP contribution in [0.5, 0.6) is 0 Å². The molecule has 1 amide bonds. The van der Waals surface area contributed by atoms with Crippen LogP contribution in [0, 0.1) is 0 Å². The highest BCUT2D eigenvalue weighted by molar-refractivity contribution is 7.08. The van der Waals surface area contributed by atoms with E-state index in [-0.39, 0.29) is 5.91 Å². The van der Waals surface area contributed by atoms with Crippen LogP contribution < -0.4 is 10.6 Å². The Kier molecular flexibility index (Phi) is 5.65. The average Bonchev–Trinajstić information content (AvgIpc) is 2.75. The largest absolute Gasteiger partial charge is 0.480 e. The second-order valence-electron chi connectivity index (χ2n) is 3.62. The summed E-state index contributed by atoms with van der Waals surface area (Å²) in [4.78, 5) is 21.7. The molecule has 1 aromatic rings. The van der Waals surface area contributed by atoms with Crippen molar-refractivity contribution >= 4 is 23.2 Å². The molecule has 1 atom stereocenters. The highest BCUT2D eigenvalue weighted by atomic mass is 32.1. The summed E-state index contributed by atoms with van der Waals surface area (Å²) in [6.07, 6.45) is 0.702. The average molecular weight is 256 g/mol. The third kappa shape index (κ3) is 4.97. The van der Waals surface area contributed by atoms with Gasteiger partial charge < -0.3 is 15.7 Å². The molecule has 94 valence electrons. The van der Waals surface area contributed by atoms with Crippen molar-refractivity contribution in [1.29, 1.82) is 0 Å². The molecule has 0 radical (unpaired) electrons. The standard InChI is InChI=1S/C11H16N2O3S/c1-8(14)12-4-2-5-13-10(11(15)16)9-3-6-17-7-9/h3,6-7,10,13H,2,4-5H2,1H3,(H,12,14)(H,15,16). The lowest BCUT2D eigenvalue weighted by atomic mass is 10.1. The Bertz CT molecular complexity index is 365. The molecule has 1 rings (SSSR count). The van der Waals surface area contributed by atoms with Crippen LogP contribution in [0.4, 0.5) is 0 Å². The number of nitrogens with one attached hydrogen (secondary N) is 2. The first-order valence-electron chi connectivity index (χ1n) is 5.34. The molecule has 17 heavy (non-hydrogen) atoms. The van der Waals surface area contributed by atoms with Gasteiger partial charge in [-0.3, -0.25) is 9.59 Å². The van der Waals surface area contributed by atoms with Crippen LogP contribution in [-0.2, 0) is 9.59 Å². The molecule has 5 nitrogen and oxygen atoms in total. The molecule has 0 saturated heterocycles. The fourth-order valence-electron chi connectivity index (χ4n) is 1.39. The second kappa shape index (κ2) is 7.03. The Morgan fingerprint density at radius 2 is 2.24 bits per heavy atom. The fourth-order valence-corrected chi connectivity index (χ4v) is 2.07. The molecule has 1 aromatic heterocycles. The van der Waals surface area contributed by atoms with E-state index < -0.39 is 12.0 Å². The van der Waals surface area contributed by atoms with Gasteiger partial charge in [-0.25, -0.2) is 0 Å². The first-order valence-corrected chi connectivity index (χ1v) is 6.28. The SMILES string of the molecule is CC(=O)NCCCNC(C(=O)O)c1ccsc1. The number of carboxylic acids is 1. The van der Waals surface area contributed by atoms with Crippen LogP contribution >= 0.6 is 11.3 Å². The van der Waals surface area contributed by atoms with Crippen LogP contribution in [0.1, 0.15) is 24.9 Å². The Labute approximate surface area is 104 Å². The van der Waals surface area contributed by atoms with Gasteiger partial charge in [0, 0.05) is 13.5 Å². The summed E-state index contributed by atoms with van der Waals surface area (Å²) in [6, 6.07) is 1.13. The number of amides is 1. The molecule has 0 saturated carbocycles. The van der Waals surface area contributed by atoms with Gasteiger partial charge in [0.1, 0.15) is 6.04 Å². The molecule has 0 bridgehead atoms. The van der Waals surface area contributed by atoms with Gasteiger partial charge in [-0.1, -0.05) is 0 Å². The van der Waals surface area contributed by atoms with Crippen molar-refractivity contribution in [2.24, 2.45) is 0 Å². The molecule has 0 spiro atoms. The smallest absolute Gasteiger partial charge is 0.325 e. The summed E-state index contributed by atoms with van der Waals surface area (Å²) in [6.45, 7) is 2.56. The van der Waals surface area contributed by atoms with Crippen LogP contribution in [0.25, 0.3) is 0 Å². The number of carbonyl (C=O) groups is 2. The number of carbonyl (C=O) groups excluding carboxylic acids is 1. The highest BCUT2D eigenvalue weighted by Crippen LogP contribution is 2.16. The van der Waals surface area contributed by atoms with Crippen molar-refractivity contribution in [3.63, 3.8) is 0 Å². The Morgan fingerprint density at radius 1 is 1.47 bits per heavy atom. The Balaban J connectivity index is 2.32. The van der Waals surface area contributed by atoms with E-state index in [0.29, 0.717) is 19.5 Å². The van der Waals surface area contributed by atoms with Crippen LogP contribution in [0.3, 0.4) is 0 Å². The molecule has 0 aliphatic rings. The molecule has 0 fully saturated rings. The third-order valence-electron chi connectivity index (χ3n) is 2.20. The monoisotopic (exact) mass is 256 g/mol. The van der Waals surface area contributed by atoms with E-state index >= 15 is 0 Å². The Morgan fingerprint density at radius 3 is 2.76 bits per heavy atom. The minimum absolute atomic E-state index is 0.0716. The topological polar surface area (TPSA) is 78.4 Å². The molecule has 6 heteroatoms. The number of aliphatic carboxylic acids is 1. The predicted octanol–water partition coefficient (Wildman–Crippen LogP) is 0.990. The van der Waals surface area contributed by atoms with Crippen molar-refractivity contribution in [3.8, 4) is 0 Å². The summed E-state index contributed by atoms with van der Waals surface area (Å²) in [5.41, 5.74) is 0.766. The van der Waals surface area contributed by atoms with E-state index in [1.165, 1.54) is 18.3 Å². The van der Waals surface area contributed by atoms with Gasteiger partial charge in [0.2, 0.25) is 5.91 Å². The number of hydrogen-bond donors (Lipinski definition) is 3. The first kappa shape index (κ1) is 13.7. The summed E-state index contributed by atoms with van der Waals surface area (Å²) < 4.78 is 0. The number of rotatable bonds is 7. The molecular weight excluding hydrogens is 240 g/mol. The summed E-state index contributed by atoms with van der Waals surface area (Å²) in [5, 5.41) is 18.3. The van der Waals surface area contributed by atoms with Crippen molar-refractivity contribution < 1.29 is 14.7 Å². The van der Waals surface area contributed by atoms with E-state index in [4.69, 9.17) is 5.11 Å². The van der Waals surface area contributed by atoms with E-state index in [9.17, 15) is 9.59 Å². The van der Waals surface area contributed by atoms with Gasteiger partial charge in [0.25, 0.3) is 0 Å². The van der Waals surface area contributed by atoms with E-state index in [2.05, 4.69) is 10.6 Å². The number of thiophene rings is 1. The zero-order valence-corrected chi connectivity index (χ0v) is 10.4. The van der Waals surface area contributed by atoms with Gasteiger partial charge in [0.15, 0.2) is 0 Å². The molecule has 1 unspecified atom stereocenters. The van der Waals surface area contributed by atoms with Gasteiger partial charge >= 0.3 is 5.97 Å². The number of hydrogen-bond acceptors (Lipinski definition) is 4. The Hall–Kier alpha value is -1.40. The van der Waals surface area contributed by atoms with E-state index in [1.807, 2.05) is 10.8 Å². The molecule has 0 aliphatic heterocycles. The maximum Gasteiger partial charge on any atom is 0.325 e. The lowest BCUT2D eigenvalue weighted by Crippen LogP contribution is -2.31. The lowest BCUT2D eigenvalue weighted by molar-refractivity contribution is -0.139. The third-order valence-corrected chi connectivity index (χ3v) is 2.90. The minimum atomic E-state index is -0.886. The zero-order chi connectivity index (χ0) is 12.7. The van der Waals surface area contributed by atoms with Crippen molar-refractivity contribution in [2.75, 3.05) is 13.1 Å². The fraction of sp³-hybridized carbons (Fsp3) is 0.455. The summed E-state index contributed by atoms with van der Waals surface area (Å²) in [7, 11) is 0. The summed E-state index contributed by atoms with van der Waals surface area (Å²) in [5.74, 6) is -0.958. The number of carboxylic acid groups (broad SMARTS) is 1. The van der Waals surface area contributed by atoms with Crippen molar-refractivity contribution in [1.82, 2.24) is 10.6 Å². The molecule has 0 aromatic carbocycles. The zero-order valence-electron chi connectivity index (χ0n) is 9.60. The van der Waals surface area contributed by atoms with Gasteiger partial charge in [-0.2, -0.15) is 11.3 Å². The highest BCUT2D eigenvalue weighted by Gasteiger charge is 2.18. The van der Waals surface area contributed by atoms with Crippen molar-refractivity contribution in [3.05, 3.63) is 22.4 Å². The molecule has 1 heterocycles. The molecular formula is C11H16N2O3S. The predicted molar refractivity (Wildman–Crippen MR) is 66.0 cm³/mol. The molecule has 3 N–H and O–H groups in total. The molecule has 0 aliphatic carbocycles. The minimum Gasteiger partial charge on any atom is -0.480 e. The van der Waals surface area contributed by atoms with Crippen LogP contribution in [0.15, 0.2) is 16.8 Å². The van der Waals surface area contributed by atoms with Gasteiger partial charge in [0.05, 0.1) is 0 Å². The van der Waals surface area contributed by atoms with E-state index in [1.54, 1.807) is 6.07 Å². The van der Waals surface area contributed by atoms with Gasteiger partial charge in [-0.15, -0.1) is 0 Å².